The Bertz CT molecular complexity index is 1070. The van der Waals surface area contributed by atoms with Gasteiger partial charge in [-0.2, -0.15) is 0 Å². The smallest absolute Gasteiger partial charge is 0.317 e. The Morgan fingerprint density at radius 2 is 1.89 bits per heavy atom. The Kier molecular flexibility index (Phi) is 5.00. The number of nitro groups is 1. The maximum Gasteiger partial charge on any atom is 0.317 e. The van der Waals surface area contributed by atoms with E-state index < -0.39 is 40.0 Å². The summed E-state index contributed by atoms with van der Waals surface area (Å²) >= 11 is 0. The highest BCUT2D eigenvalue weighted by Gasteiger charge is 2.32. The van der Waals surface area contributed by atoms with Gasteiger partial charge in [0.15, 0.2) is 5.82 Å². The van der Waals surface area contributed by atoms with Crippen LogP contribution in [0.4, 0.5) is 14.5 Å². The molecule has 0 aliphatic rings. The predicted molar refractivity (Wildman–Crippen MR) is 97.4 cm³/mol. The third-order valence-corrected chi connectivity index (χ3v) is 3.97. The number of nitrogens with zero attached hydrogens (tertiary/aromatic N) is 1. The Morgan fingerprint density at radius 1 is 1.25 bits per heavy atom. The van der Waals surface area contributed by atoms with E-state index in [0.717, 1.165) is 18.2 Å². The zero-order valence-corrected chi connectivity index (χ0v) is 15.2. The summed E-state index contributed by atoms with van der Waals surface area (Å²) in [5, 5.41) is 13.5. The Balaban J connectivity index is 2.40. The van der Waals surface area contributed by atoms with Gasteiger partial charge < -0.3 is 14.5 Å². The molecule has 0 fully saturated rings. The minimum atomic E-state index is -1.08. The molecule has 0 radical (unpaired) electrons. The van der Waals surface area contributed by atoms with Crippen molar-refractivity contribution in [2.45, 2.75) is 20.0 Å². The quantitative estimate of drug-likeness (QED) is 0.514. The number of hydrogen-bond acceptors (Lipinski definition) is 5. The van der Waals surface area contributed by atoms with E-state index in [1.54, 1.807) is 13.8 Å². The van der Waals surface area contributed by atoms with E-state index in [2.05, 4.69) is 5.32 Å². The molecule has 0 aliphatic heterocycles. The van der Waals surface area contributed by atoms with Crippen LogP contribution in [0.15, 0.2) is 34.7 Å². The van der Waals surface area contributed by atoms with Crippen molar-refractivity contribution >= 4 is 22.6 Å². The van der Waals surface area contributed by atoms with Gasteiger partial charge in [0.1, 0.15) is 17.2 Å². The number of halogens is 2. The molecule has 0 spiro atoms. The third kappa shape index (κ3) is 3.26. The number of fused-ring (bicyclic) bond motifs is 1. The van der Waals surface area contributed by atoms with Crippen LogP contribution in [0.2, 0.25) is 0 Å². The zero-order valence-electron chi connectivity index (χ0n) is 15.2. The number of nitrogens with one attached hydrogen (secondary N) is 1. The highest BCUT2D eigenvalue weighted by atomic mass is 19.1. The topological polar surface area (TPSA) is 94.6 Å². The average molecular weight is 390 g/mol. The molecule has 146 valence electrons. The summed E-state index contributed by atoms with van der Waals surface area (Å²) in [5.41, 5.74) is -0.672. The van der Waals surface area contributed by atoms with Crippen molar-refractivity contribution in [3.05, 3.63) is 57.6 Å². The van der Waals surface area contributed by atoms with Gasteiger partial charge in [-0.1, -0.05) is 0 Å². The number of furan rings is 1. The summed E-state index contributed by atoms with van der Waals surface area (Å²) in [4.78, 5) is 23.1. The normalized spacial score (nSPS) is 11.1. The first-order valence-corrected chi connectivity index (χ1v) is 8.32. The summed E-state index contributed by atoms with van der Waals surface area (Å²) in [6.07, 6.45) is -0.544. The molecule has 28 heavy (non-hydrogen) atoms. The fourth-order valence-electron chi connectivity index (χ4n) is 2.81. The van der Waals surface area contributed by atoms with Gasteiger partial charge >= 0.3 is 5.69 Å². The number of carbonyl (C=O) groups is 1. The summed E-state index contributed by atoms with van der Waals surface area (Å²) in [5.74, 6) is -2.86. The number of benzene rings is 2. The van der Waals surface area contributed by atoms with Gasteiger partial charge in [-0.05, 0) is 38.1 Å². The van der Waals surface area contributed by atoms with E-state index in [9.17, 15) is 19.3 Å². The Hall–Kier alpha value is -3.49. The molecule has 3 rings (SSSR count). The third-order valence-electron chi connectivity index (χ3n) is 3.97. The van der Waals surface area contributed by atoms with E-state index in [-0.39, 0.29) is 22.3 Å². The minimum absolute atomic E-state index is 0.0377. The number of rotatable bonds is 5. The molecule has 7 nitrogen and oxygen atoms in total. The van der Waals surface area contributed by atoms with Crippen LogP contribution in [0.1, 0.15) is 24.2 Å². The van der Waals surface area contributed by atoms with Gasteiger partial charge in [-0.25, -0.2) is 8.78 Å². The van der Waals surface area contributed by atoms with Crippen LogP contribution >= 0.6 is 0 Å². The molecule has 0 saturated heterocycles. The first-order chi connectivity index (χ1) is 13.2. The number of hydrogen-bond donors (Lipinski definition) is 1. The van der Waals surface area contributed by atoms with Gasteiger partial charge in [-0.15, -0.1) is 0 Å². The molecular weight excluding hydrogens is 374 g/mol. The molecule has 0 aliphatic carbocycles. The van der Waals surface area contributed by atoms with Gasteiger partial charge in [0, 0.05) is 12.6 Å². The highest BCUT2D eigenvalue weighted by molar-refractivity contribution is 6.12. The SMILES string of the molecule is CNC(=O)c1c(-c2ccc(F)cc2)oc2cc([N+](=O)[O-])c(OC(C)C)c(F)c12. The lowest BCUT2D eigenvalue weighted by atomic mass is 10.0. The van der Waals surface area contributed by atoms with Gasteiger partial charge in [0.2, 0.25) is 5.75 Å². The van der Waals surface area contributed by atoms with E-state index in [0.29, 0.717) is 5.56 Å². The fraction of sp³-hybridized carbons (Fsp3) is 0.211. The van der Waals surface area contributed by atoms with Crippen LogP contribution in [0, 0.1) is 21.7 Å². The molecule has 3 aromatic rings. The molecule has 0 atom stereocenters. The monoisotopic (exact) mass is 390 g/mol. The minimum Gasteiger partial charge on any atom is -0.482 e. The summed E-state index contributed by atoms with van der Waals surface area (Å²) in [6.45, 7) is 3.18. The first-order valence-electron chi connectivity index (χ1n) is 8.32. The van der Waals surface area contributed by atoms with Gasteiger partial charge in [0.25, 0.3) is 5.91 Å². The molecule has 1 heterocycles. The molecule has 2 aromatic carbocycles. The van der Waals surface area contributed by atoms with E-state index in [1.165, 1.54) is 19.2 Å². The number of ether oxygens (including phenoxy) is 1. The van der Waals surface area contributed by atoms with Crippen LogP contribution in [0.5, 0.6) is 5.75 Å². The van der Waals surface area contributed by atoms with Crippen LogP contribution in [0.25, 0.3) is 22.3 Å². The molecule has 0 unspecified atom stereocenters. The molecule has 1 aromatic heterocycles. The second-order valence-corrected chi connectivity index (χ2v) is 6.23. The number of amides is 1. The number of carbonyl (C=O) groups excluding carboxylic acids is 1. The average Bonchev–Trinajstić information content (AvgIpc) is 3.03. The van der Waals surface area contributed by atoms with Gasteiger partial charge in [-0.3, -0.25) is 14.9 Å². The molecule has 0 bridgehead atoms. The highest BCUT2D eigenvalue weighted by Crippen LogP contribution is 2.42. The van der Waals surface area contributed by atoms with E-state index >= 15 is 4.39 Å². The standard InChI is InChI=1S/C19H16F2N2O5/c1-9(2)27-18-12(23(25)26)8-13-14(16(18)21)15(19(24)22-3)17(28-13)10-4-6-11(20)7-5-10/h4-9H,1-3H3,(H,22,24). The fourth-order valence-corrected chi connectivity index (χ4v) is 2.81. The first kappa shape index (κ1) is 19.3. The van der Waals surface area contributed by atoms with Crippen molar-refractivity contribution in [3.63, 3.8) is 0 Å². The Morgan fingerprint density at radius 3 is 2.43 bits per heavy atom. The van der Waals surface area contributed by atoms with Crippen molar-refractivity contribution in [1.29, 1.82) is 0 Å². The molecule has 9 heteroatoms. The Labute approximate surface area is 158 Å². The van der Waals surface area contributed by atoms with Crippen LogP contribution < -0.4 is 10.1 Å². The molecular formula is C19H16F2N2O5. The summed E-state index contributed by atoms with van der Waals surface area (Å²) in [7, 11) is 1.35. The van der Waals surface area contributed by atoms with Gasteiger partial charge in [0.05, 0.1) is 28.0 Å². The van der Waals surface area contributed by atoms with E-state index in [1.807, 2.05) is 0 Å². The maximum absolute atomic E-state index is 15.3. The van der Waals surface area contributed by atoms with Crippen molar-refractivity contribution in [2.75, 3.05) is 7.05 Å². The maximum atomic E-state index is 15.3. The number of nitro benzene ring substituents is 1. The van der Waals surface area contributed by atoms with E-state index in [4.69, 9.17) is 9.15 Å². The van der Waals surface area contributed by atoms with Crippen molar-refractivity contribution in [2.24, 2.45) is 0 Å². The zero-order chi connectivity index (χ0) is 20.6. The largest absolute Gasteiger partial charge is 0.482 e. The van der Waals surface area contributed by atoms with Crippen LogP contribution in [-0.4, -0.2) is 24.0 Å². The molecule has 1 N–H and O–H groups in total. The molecule has 1 amide bonds. The van der Waals surface area contributed by atoms with Crippen molar-refractivity contribution < 1.29 is 27.7 Å². The predicted octanol–water partition coefficient (Wildman–Crippen LogP) is 4.43. The lowest BCUT2D eigenvalue weighted by Crippen LogP contribution is -2.18. The van der Waals surface area contributed by atoms with Crippen molar-refractivity contribution in [1.82, 2.24) is 5.32 Å². The second kappa shape index (κ2) is 7.26. The summed E-state index contributed by atoms with van der Waals surface area (Å²) < 4.78 is 39.4. The summed E-state index contributed by atoms with van der Waals surface area (Å²) in [6, 6.07) is 6.04. The van der Waals surface area contributed by atoms with Crippen LogP contribution in [0.3, 0.4) is 0 Å². The second-order valence-electron chi connectivity index (χ2n) is 6.23. The lowest BCUT2D eigenvalue weighted by molar-refractivity contribution is -0.386. The van der Waals surface area contributed by atoms with Crippen molar-refractivity contribution in [3.8, 4) is 17.1 Å². The van der Waals surface area contributed by atoms with Crippen LogP contribution in [-0.2, 0) is 0 Å². The molecule has 0 saturated carbocycles. The lowest BCUT2D eigenvalue weighted by Gasteiger charge is -2.11.